The van der Waals surface area contributed by atoms with Crippen LogP contribution in [0, 0.1) is 0 Å². The quantitative estimate of drug-likeness (QED) is 0.0823. The van der Waals surface area contributed by atoms with E-state index in [1.54, 1.807) is 0 Å². The van der Waals surface area contributed by atoms with E-state index >= 15 is 0 Å². The number of hydrogen-bond acceptors (Lipinski definition) is 3. The van der Waals surface area contributed by atoms with Crippen LogP contribution in [0.1, 0.15) is 103 Å². The lowest BCUT2D eigenvalue weighted by molar-refractivity contribution is -0.917. The van der Waals surface area contributed by atoms with Crippen LogP contribution < -0.4 is 4.74 Å². The first-order chi connectivity index (χ1) is 17.9. The molecule has 4 heteroatoms. The number of nitrogens with zero attached hydrogens (tertiary/aromatic N) is 1. The van der Waals surface area contributed by atoms with Gasteiger partial charge in [-0.1, -0.05) is 108 Å². The summed E-state index contributed by atoms with van der Waals surface area (Å²) in [5.41, 5.74) is 2.49. The molecular formula is C33H52NO3+. The van der Waals surface area contributed by atoms with Crippen LogP contribution in [0.4, 0.5) is 0 Å². The van der Waals surface area contributed by atoms with Crippen LogP contribution >= 0.6 is 0 Å². The Labute approximate surface area is 227 Å². The summed E-state index contributed by atoms with van der Waals surface area (Å²) in [6.45, 7) is 7.06. The van der Waals surface area contributed by atoms with E-state index in [9.17, 15) is 4.79 Å². The maximum atomic E-state index is 13.1. The molecule has 0 heterocycles. The Morgan fingerprint density at radius 2 is 1.41 bits per heavy atom. The zero-order valence-electron chi connectivity index (χ0n) is 24.2. The van der Waals surface area contributed by atoms with E-state index in [2.05, 4.69) is 52.2 Å². The van der Waals surface area contributed by atoms with E-state index in [4.69, 9.17) is 9.47 Å². The van der Waals surface area contributed by atoms with Crippen LogP contribution in [0.15, 0.2) is 54.6 Å². The summed E-state index contributed by atoms with van der Waals surface area (Å²) in [7, 11) is 4.15. The van der Waals surface area contributed by atoms with Gasteiger partial charge in [-0.05, 0) is 43.9 Å². The summed E-state index contributed by atoms with van der Waals surface area (Å²) < 4.78 is 12.6. The number of carbonyl (C=O) groups is 1. The number of benzene rings is 2. The van der Waals surface area contributed by atoms with Crippen molar-refractivity contribution in [1.82, 2.24) is 0 Å². The van der Waals surface area contributed by atoms with Crippen molar-refractivity contribution >= 4 is 5.97 Å². The molecule has 4 nitrogen and oxygen atoms in total. The second-order valence-electron chi connectivity index (χ2n) is 11.1. The number of likely N-dealkylation sites (N-methyl/N-ethyl adjacent to an activating group) is 1. The highest BCUT2D eigenvalue weighted by atomic mass is 16.7. The Morgan fingerprint density at radius 3 is 2.05 bits per heavy atom. The van der Waals surface area contributed by atoms with E-state index in [1.165, 1.54) is 68.9 Å². The topological polar surface area (TPSA) is 35.5 Å². The Bertz CT molecular complexity index is 880. The standard InChI is InChI=1S/C33H52NO3/c1-6-8-9-10-11-12-13-14-16-21-29-24-19-25-31(26-29)36-32(20-7-2)37-33(35)28(3)34(4,5)27-30-22-17-15-18-23-30/h15,17-19,22-26,28,32H,6-14,16,20-21,27H2,1-5H3/q+1. The van der Waals surface area contributed by atoms with Gasteiger partial charge in [-0.3, -0.25) is 0 Å². The summed E-state index contributed by atoms with van der Waals surface area (Å²) in [5.74, 6) is 0.565. The number of rotatable bonds is 19. The molecule has 37 heavy (non-hydrogen) atoms. The molecule has 0 radical (unpaired) electrons. The average Bonchev–Trinajstić information content (AvgIpc) is 2.88. The average molecular weight is 511 g/mol. The maximum Gasteiger partial charge on any atom is 0.367 e. The number of unbranched alkanes of at least 4 members (excludes halogenated alkanes) is 8. The van der Waals surface area contributed by atoms with Gasteiger partial charge in [-0.15, -0.1) is 0 Å². The van der Waals surface area contributed by atoms with E-state index in [0.29, 0.717) is 10.9 Å². The number of aryl methyl sites for hydroxylation is 1. The van der Waals surface area contributed by atoms with Crippen molar-refractivity contribution in [1.29, 1.82) is 0 Å². The summed E-state index contributed by atoms with van der Waals surface area (Å²) in [4.78, 5) is 13.1. The van der Waals surface area contributed by atoms with Crippen LogP contribution in [-0.4, -0.2) is 36.9 Å². The first-order valence-corrected chi connectivity index (χ1v) is 14.7. The molecule has 2 aromatic rings. The molecule has 206 valence electrons. The molecule has 0 fully saturated rings. The molecule has 0 N–H and O–H groups in total. The lowest BCUT2D eigenvalue weighted by Crippen LogP contribution is -2.52. The lowest BCUT2D eigenvalue weighted by Gasteiger charge is -2.35. The third-order valence-corrected chi connectivity index (χ3v) is 7.33. The molecule has 2 unspecified atom stereocenters. The van der Waals surface area contributed by atoms with Gasteiger partial charge < -0.3 is 14.0 Å². The summed E-state index contributed by atoms with van der Waals surface area (Å²) in [6, 6.07) is 18.3. The first-order valence-electron chi connectivity index (χ1n) is 14.7. The molecule has 2 atom stereocenters. The van der Waals surface area contributed by atoms with Gasteiger partial charge in [0.1, 0.15) is 12.3 Å². The third-order valence-electron chi connectivity index (χ3n) is 7.33. The molecule has 0 aliphatic heterocycles. The lowest BCUT2D eigenvalue weighted by atomic mass is 10.0. The highest BCUT2D eigenvalue weighted by Crippen LogP contribution is 2.21. The van der Waals surface area contributed by atoms with Gasteiger partial charge in [-0.25, -0.2) is 4.79 Å². The van der Waals surface area contributed by atoms with Gasteiger partial charge in [-0.2, -0.15) is 0 Å². The Hall–Kier alpha value is -2.33. The van der Waals surface area contributed by atoms with Crippen LogP contribution in [0.2, 0.25) is 0 Å². The van der Waals surface area contributed by atoms with Crippen molar-refractivity contribution in [2.24, 2.45) is 0 Å². The number of carbonyl (C=O) groups excluding carboxylic acids is 1. The SMILES string of the molecule is CCCCCCCCCCCc1cccc(OC(CCC)OC(=O)C(C)[N+](C)(C)Cc2ccccc2)c1. The van der Waals surface area contributed by atoms with Gasteiger partial charge in [0.05, 0.1) is 14.1 Å². The molecule has 0 aromatic heterocycles. The van der Waals surface area contributed by atoms with Gasteiger partial charge in [0.2, 0.25) is 6.29 Å². The van der Waals surface area contributed by atoms with Crippen molar-refractivity contribution in [3.8, 4) is 5.75 Å². The third kappa shape index (κ3) is 12.2. The predicted octanol–water partition coefficient (Wildman–Crippen LogP) is 8.47. The van der Waals surface area contributed by atoms with E-state index < -0.39 is 6.29 Å². The molecular weight excluding hydrogens is 458 g/mol. The van der Waals surface area contributed by atoms with Crippen LogP contribution in [0.25, 0.3) is 0 Å². The molecule has 0 saturated carbocycles. The zero-order chi connectivity index (χ0) is 26.9. The Kier molecular flexibility index (Phi) is 14.4. The minimum absolute atomic E-state index is 0.217. The second kappa shape index (κ2) is 17.2. The molecule has 0 spiro atoms. The van der Waals surface area contributed by atoms with Crippen molar-refractivity contribution in [3.05, 3.63) is 65.7 Å². The fraction of sp³-hybridized carbons (Fsp3) is 0.606. The number of esters is 1. The van der Waals surface area contributed by atoms with Crippen molar-refractivity contribution in [2.75, 3.05) is 14.1 Å². The summed E-state index contributed by atoms with van der Waals surface area (Å²) in [5, 5.41) is 0. The Morgan fingerprint density at radius 1 is 0.784 bits per heavy atom. The molecule has 0 aliphatic rings. The highest BCUT2D eigenvalue weighted by Gasteiger charge is 2.34. The van der Waals surface area contributed by atoms with Crippen molar-refractivity contribution in [2.45, 2.75) is 117 Å². The monoisotopic (exact) mass is 510 g/mol. The minimum Gasteiger partial charge on any atom is -0.455 e. The van der Waals surface area contributed by atoms with Gasteiger partial charge in [0.25, 0.3) is 0 Å². The number of quaternary nitrogens is 1. The zero-order valence-corrected chi connectivity index (χ0v) is 24.2. The van der Waals surface area contributed by atoms with Crippen LogP contribution in [0.5, 0.6) is 5.75 Å². The first kappa shape index (κ1) is 30.9. The second-order valence-corrected chi connectivity index (χ2v) is 11.1. The maximum absolute atomic E-state index is 13.1. The fourth-order valence-corrected chi connectivity index (χ4v) is 4.65. The van der Waals surface area contributed by atoms with Gasteiger partial charge in [0.15, 0.2) is 6.04 Å². The molecule has 0 saturated heterocycles. The van der Waals surface area contributed by atoms with Crippen LogP contribution in [0.3, 0.4) is 0 Å². The molecule has 0 amide bonds. The highest BCUT2D eigenvalue weighted by molar-refractivity contribution is 5.74. The number of ether oxygens (including phenoxy) is 2. The smallest absolute Gasteiger partial charge is 0.367 e. The normalized spacial score (nSPS) is 13.2. The largest absolute Gasteiger partial charge is 0.455 e. The van der Waals surface area contributed by atoms with E-state index in [1.807, 2.05) is 37.3 Å². The summed E-state index contributed by atoms with van der Waals surface area (Å²) >= 11 is 0. The molecule has 0 aliphatic carbocycles. The van der Waals surface area contributed by atoms with Gasteiger partial charge >= 0.3 is 5.97 Å². The van der Waals surface area contributed by atoms with E-state index in [-0.39, 0.29) is 12.0 Å². The van der Waals surface area contributed by atoms with Gasteiger partial charge in [0, 0.05) is 12.0 Å². The predicted molar refractivity (Wildman–Crippen MR) is 155 cm³/mol. The van der Waals surface area contributed by atoms with Crippen molar-refractivity contribution in [3.63, 3.8) is 0 Å². The minimum atomic E-state index is -0.570. The summed E-state index contributed by atoms with van der Waals surface area (Å²) in [6.07, 6.45) is 14.1. The number of hydrogen-bond donors (Lipinski definition) is 0. The van der Waals surface area contributed by atoms with E-state index in [0.717, 1.165) is 25.1 Å². The molecule has 0 bridgehead atoms. The fourth-order valence-electron chi connectivity index (χ4n) is 4.65. The molecule has 2 rings (SSSR count). The van der Waals surface area contributed by atoms with Crippen LogP contribution in [-0.2, 0) is 22.5 Å². The van der Waals surface area contributed by atoms with Crippen molar-refractivity contribution < 1.29 is 18.8 Å². The molecule has 2 aromatic carbocycles. The Balaban J connectivity index is 1.83.